The molecule has 4 aromatic rings. The number of nitrogens with zero attached hydrogens (tertiary/aromatic N) is 4. The fraction of sp³-hybridized carbons (Fsp3) is 0.207. The van der Waals surface area contributed by atoms with Gasteiger partial charge >= 0.3 is 6.05 Å². The van der Waals surface area contributed by atoms with E-state index >= 15 is 0 Å². The van der Waals surface area contributed by atoms with E-state index in [-0.39, 0.29) is 16.7 Å². The van der Waals surface area contributed by atoms with Gasteiger partial charge in [-0.1, -0.05) is 54.9 Å². The first-order valence-electron chi connectivity index (χ1n) is 12.7. The van der Waals surface area contributed by atoms with Crippen molar-refractivity contribution in [1.29, 1.82) is 5.26 Å². The van der Waals surface area contributed by atoms with Gasteiger partial charge in [0.05, 0.1) is 39.6 Å². The van der Waals surface area contributed by atoms with Crippen molar-refractivity contribution >= 4 is 33.9 Å². The molecule has 7 N–H and O–H groups in total. The van der Waals surface area contributed by atoms with E-state index in [0.29, 0.717) is 38.4 Å². The SMILES string of the molecule is CCC(Nc1c(C#N)cnc2c(Cl)cc(NC(/C(N)=C/N(N)C(F)(F)CO)c3cccnc3)cc12)c1ccccc1. The Morgan fingerprint density at radius 3 is 2.54 bits per heavy atom. The number of nitrogens with two attached hydrogens (primary N) is 2. The van der Waals surface area contributed by atoms with E-state index in [4.69, 9.17) is 28.3 Å². The molecule has 2 heterocycles. The zero-order chi connectivity index (χ0) is 29.6. The fourth-order valence-corrected chi connectivity index (χ4v) is 4.62. The maximum Gasteiger partial charge on any atom is 0.360 e. The number of pyridine rings is 2. The minimum absolute atomic E-state index is 0.0559. The first kappa shape index (κ1) is 29.5. The summed E-state index contributed by atoms with van der Waals surface area (Å²) in [6, 6.07) is 14.1. The summed E-state index contributed by atoms with van der Waals surface area (Å²) in [5, 5.41) is 26.6. The Labute approximate surface area is 241 Å². The first-order valence-corrected chi connectivity index (χ1v) is 13.1. The van der Waals surface area contributed by atoms with Gasteiger partial charge in [-0.3, -0.25) is 15.0 Å². The van der Waals surface area contributed by atoms with Gasteiger partial charge in [0.1, 0.15) is 12.7 Å². The Bertz CT molecular complexity index is 1560. The fourth-order valence-electron chi connectivity index (χ4n) is 4.35. The number of alkyl halides is 2. The van der Waals surface area contributed by atoms with E-state index in [1.807, 2.05) is 37.3 Å². The number of rotatable bonds is 11. The third-order valence-corrected chi connectivity index (χ3v) is 6.78. The number of hydrogen-bond acceptors (Lipinski definition) is 9. The van der Waals surface area contributed by atoms with Gasteiger partial charge in [0.25, 0.3) is 0 Å². The lowest BCUT2D eigenvalue weighted by molar-refractivity contribution is -0.154. The Kier molecular flexibility index (Phi) is 9.19. The van der Waals surface area contributed by atoms with Crippen molar-refractivity contribution in [2.75, 3.05) is 17.2 Å². The predicted octanol–water partition coefficient (Wildman–Crippen LogP) is 5.43. The molecule has 4 rings (SSSR count). The molecule has 0 saturated heterocycles. The molecule has 0 radical (unpaired) electrons. The Morgan fingerprint density at radius 1 is 1.17 bits per heavy atom. The molecule has 0 aliphatic heterocycles. The van der Waals surface area contributed by atoms with Crippen LogP contribution in [0.15, 0.2) is 85.1 Å². The van der Waals surface area contributed by atoms with E-state index in [9.17, 15) is 14.0 Å². The number of benzene rings is 2. The van der Waals surface area contributed by atoms with Crippen LogP contribution in [0.1, 0.15) is 42.1 Å². The summed E-state index contributed by atoms with van der Waals surface area (Å²) >= 11 is 6.66. The molecule has 0 saturated carbocycles. The van der Waals surface area contributed by atoms with Gasteiger partial charge in [-0.25, -0.2) is 5.84 Å². The molecule has 12 heteroatoms. The minimum atomic E-state index is -3.73. The summed E-state index contributed by atoms with van der Waals surface area (Å²) in [6.45, 7) is 0.541. The minimum Gasteiger partial charge on any atom is -0.399 e. The average Bonchev–Trinajstić information content (AvgIpc) is 2.99. The van der Waals surface area contributed by atoms with Crippen molar-refractivity contribution in [3.05, 3.63) is 107 Å². The molecule has 0 aliphatic carbocycles. The van der Waals surface area contributed by atoms with Crippen molar-refractivity contribution in [1.82, 2.24) is 15.0 Å². The lowest BCUT2D eigenvalue weighted by atomic mass is 10.0. The number of aliphatic hydroxyl groups is 1. The summed E-state index contributed by atoms with van der Waals surface area (Å²) < 4.78 is 27.9. The van der Waals surface area contributed by atoms with Crippen LogP contribution in [0.5, 0.6) is 0 Å². The third kappa shape index (κ3) is 6.63. The number of anilines is 2. The second-order valence-electron chi connectivity index (χ2n) is 9.25. The lowest BCUT2D eigenvalue weighted by Gasteiger charge is -2.27. The average molecular weight is 579 g/mol. The molecular formula is C29H29ClF2N8O. The maximum absolute atomic E-state index is 14.0. The summed E-state index contributed by atoms with van der Waals surface area (Å²) in [7, 11) is 0. The molecule has 9 nitrogen and oxygen atoms in total. The van der Waals surface area contributed by atoms with Crippen LogP contribution in [0, 0.1) is 11.3 Å². The highest BCUT2D eigenvalue weighted by molar-refractivity contribution is 6.35. The zero-order valence-corrected chi connectivity index (χ0v) is 22.9. The van der Waals surface area contributed by atoms with Crippen LogP contribution in [0.25, 0.3) is 10.9 Å². The Hall–Kier alpha value is -4.50. The van der Waals surface area contributed by atoms with Gasteiger partial charge in [-0.15, -0.1) is 0 Å². The summed E-state index contributed by atoms with van der Waals surface area (Å²) in [5.74, 6) is 5.49. The molecule has 0 bridgehead atoms. The second-order valence-corrected chi connectivity index (χ2v) is 9.66. The van der Waals surface area contributed by atoms with Crippen molar-refractivity contribution in [2.24, 2.45) is 11.6 Å². The maximum atomic E-state index is 14.0. The van der Waals surface area contributed by atoms with E-state index < -0.39 is 18.7 Å². The molecule has 2 atom stereocenters. The van der Waals surface area contributed by atoms with Crippen LogP contribution < -0.4 is 22.2 Å². The highest BCUT2D eigenvalue weighted by Crippen LogP contribution is 2.37. The molecule has 212 valence electrons. The number of nitriles is 1. The smallest absolute Gasteiger partial charge is 0.360 e. The molecule has 0 aliphatic rings. The number of hydrazine groups is 1. The number of hydrogen-bond donors (Lipinski definition) is 5. The summed E-state index contributed by atoms with van der Waals surface area (Å²) in [6.07, 6.45) is 6.14. The van der Waals surface area contributed by atoms with E-state index in [1.165, 1.54) is 12.4 Å². The monoisotopic (exact) mass is 578 g/mol. The van der Waals surface area contributed by atoms with Crippen LogP contribution >= 0.6 is 11.6 Å². The second kappa shape index (κ2) is 12.8. The van der Waals surface area contributed by atoms with Crippen LogP contribution in [0.2, 0.25) is 5.02 Å². The number of halogens is 3. The van der Waals surface area contributed by atoms with Crippen LogP contribution in [-0.2, 0) is 0 Å². The van der Waals surface area contributed by atoms with Gasteiger partial charge in [-0.05, 0) is 35.7 Å². The Morgan fingerprint density at radius 2 is 1.90 bits per heavy atom. The van der Waals surface area contributed by atoms with Gasteiger partial charge in [0, 0.05) is 35.9 Å². The van der Waals surface area contributed by atoms with E-state index in [0.717, 1.165) is 18.2 Å². The summed E-state index contributed by atoms with van der Waals surface area (Å²) in [5.41, 5.74) is 9.59. The first-order chi connectivity index (χ1) is 19.7. The zero-order valence-electron chi connectivity index (χ0n) is 22.1. The quantitative estimate of drug-likeness (QED) is 0.0891. The topological polar surface area (TPSA) is 149 Å². The molecule has 0 amide bonds. The van der Waals surface area contributed by atoms with E-state index in [2.05, 4.69) is 26.7 Å². The molecule has 0 spiro atoms. The van der Waals surface area contributed by atoms with Crippen molar-refractivity contribution in [3.63, 3.8) is 0 Å². The van der Waals surface area contributed by atoms with Gasteiger partial charge < -0.3 is 21.5 Å². The van der Waals surface area contributed by atoms with E-state index in [1.54, 1.807) is 30.5 Å². The third-order valence-electron chi connectivity index (χ3n) is 6.49. The van der Waals surface area contributed by atoms with Gasteiger partial charge in [-0.2, -0.15) is 14.0 Å². The lowest BCUT2D eigenvalue weighted by Crippen LogP contribution is -2.46. The number of nitrogens with one attached hydrogen (secondary N) is 2. The number of fused-ring (bicyclic) bond motifs is 1. The predicted molar refractivity (Wildman–Crippen MR) is 155 cm³/mol. The highest BCUT2D eigenvalue weighted by Gasteiger charge is 2.33. The van der Waals surface area contributed by atoms with Crippen molar-refractivity contribution in [3.8, 4) is 6.07 Å². The molecule has 2 aromatic heterocycles. The molecule has 2 unspecified atom stereocenters. The van der Waals surface area contributed by atoms with Crippen molar-refractivity contribution < 1.29 is 13.9 Å². The van der Waals surface area contributed by atoms with Gasteiger partial charge in [0.2, 0.25) is 0 Å². The van der Waals surface area contributed by atoms with Crippen molar-refractivity contribution in [2.45, 2.75) is 31.5 Å². The molecule has 2 aromatic carbocycles. The van der Waals surface area contributed by atoms with Crippen LogP contribution in [0.3, 0.4) is 0 Å². The molecule has 41 heavy (non-hydrogen) atoms. The molecule has 0 fully saturated rings. The number of aromatic nitrogens is 2. The van der Waals surface area contributed by atoms with Gasteiger partial charge in [0.15, 0.2) is 0 Å². The van der Waals surface area contributed by atoms with Crippen LogP contribution in [-0.4, -0.2) is 32.7 Å². The largest absolute Gasteiger partial charge is 0.399 e. The summed E-state index contributed by atoms with van der Waals surface area (Å²) in [4.78, 5) is 8.52. The normalized spacial score (nSPS) is 13.3. The molecular weight excluding hydrogens is 550 g/mol. The standard InChI is InChI=1S/C29H29ClF2N8O/c1-2-25(18-7-4-3-5-8-18)39-26-20(13-33)15-37-28-22(26)11-21(12-23(28)30)38-27(19-9-6-10-36-14-19)24(34)16-40(35)29(31,32)17-41/h3-12,14-16,25,27,38,41H,2,17,34-35H2,1H3,(H,37,39)/b24-16-. The number of aliphatic hydroxyl groups excluding tert-OH is 1. The highest BCUT2D eigenvalue weighted by atomic mass is 35.5. The Balaban J connectivity index is 1.80. The van der Waals surface area contributed by atoms with Crippen LogP contribution in [0.4, 0.5) is 20.2 Å².